The lowest BCUT2D eigenvalue weighted by atomic mass is 9.82. The molecule has 16 heavy (non-hydrogen) atoms. The fourth-order valence-corrected chi connectivity index (χ4v) is 1.89. The summed E-state index contributed by atoms with van der Waals surface area (Å²) in [6.45, 7) is 0.839. The third-order valence-corrected chi connectivity index (χ3v) is 2.98. The lowest BCUT2D eigenvalue weighted by molar-refractivity contribution is 0.0487. The largest absolute Gasteiger partial charge is 0.398 e. The van der Waals surface area contributed by atoms with Crippen LogP contribution in [-0.4, -0.2) is 17.8 Å². The quantitative estimate of drug-likeness (QED) is 0.667. The van der Waals surface area contributed by atoms with Gasteiger partial charge in [-0.2, -0.15) is 5.26 Å². The molecule has 0 heterocycles. The van der Waals surface area contributed by atoms with Gasteiger partial charge in [0.1, 0.15) is 6.07 Å². The lowest BCUT2D eigenvalue weighted by Gasteiger charge is -2.31. The van der Waals surface area contributed by atoms with Crippen LogP contribution in [-0.2, 0) is 0 Å². The van der Waals surface area contributed by atoms with Crippen LogP contribution in [0, 0.1) is 17.2 Å². The van der Waals surface area contributed by atoms with E-state index in [2.05, 4.69) is 11.4 Å². The van der Waals surface area contributed by atoms with E-state index in [0.29, 0.717) is 17.2 Å². The molecule has 0 spiro atoms. The van der Waals surface area contributed by atoms with Gasteiger partial charge in [-0.1, -0.05) is 0 Å². The van der Waals surface area contributed by atoms with Crippen molar-refractivity contribution >= 4 is 11.4 Å². The Kier molecular flexibility index (Phi) is 2.97. The Bertz CT molecular complexity index is 419. The Morgan fingerprint density at radius 2 is 2.25 bits per heavy atom. The van der Waals surface area contributed by atoms with E-state index in [1.807, 2.05) is 6.07 Å². The summed E-state index contributed by atoms with van der Waals surface area (Å²) in [5.41, 5.74) is 7.54. The summed E-state index contributed by atoms with van der Waals surface area (Å²) < 4.78 is 0. The summed E-state index contributed by atoms with van der Waals surface area (Å²) in [4.78, 5) is 0. The summed E-state index contributed by atoms with van der Waals surface area (Å²) in [6, 6.07) is 7.41. The molecule has 4 N–H and O–H groups in total. The molecule has 4 heteroatoms. The lowest BCUT2D eigenvalue weighted by Crippen LogP contribution is -2.33. The minimum atomic E-state index is -0.118. The van der Waals surface area contributed by atoms with Crippen LogP contribution in [0.3, 0.4) is 0 Å². The molecular weight excluding hydrogens is 202 g/mol. The van der Waals surface area contributed by atoms with Gasteiger partial charge >= 0.3 is 0 Å². The van der Waals surface area contributed by atoms with Crippen molar-refractivity contribution < 1.29 is 5.11 Å². The van der Waals surface area contributed by atoms with Crippen LogP contribution in [0.5, 0.6) is 0 Å². The molecule has 4 nitrogen and oxygen atoms in total. The number of nitrogens with zero attached hydrogens (tertiary/aromatic N) is 1. The average molecular weight is 217 g/mol. The molecule has 0 bridgehead atoms. The van der Waals surface area contributed by atoms with Crippen LogP contribution in [0.4, 0.5) is 11.4 Å². The molecule has 0 amide bonds. The second kappa shape index (κ2) is 4.42. The van der Waals surface area contributed by atoms with Gasteiger partial charge in [0.2, 0.25) is 0 Å². The Morgan fingerprint density at radius 3 is 2.88 bits per heavy atom. The van der Waals surface area contributed by atoms with E-state index >= 15 is 0 Å². The van der Waals surface area contributed by atoms with E-state index in [4.69, 9.17) is 16.1 Å². The van der Waals surface area contributed by atoms with Crippen LogP contribution in [0.25, 0.3) is 0 Å². The fraction of sp³-hybridized carbons (Fsp3) is 0.417. The summed E-state index contributed by atoms with van der Waals surface area (Å²) >= 11 is 0. The number of hydrogen-bond donors (Lipinski definition) is 3. The Hall–Kier alpha value is -1.73. The highest BCUT2D eigenvalue weighted by Crippen LogP contribution is 2.27. The first-order valence-electron chi connectivity index (χ1n) is 5.40. The predicted molar refractivity (Wildman–Crippen MR) is 62.8 cm³/mol. The third-order valence-electron chi connectivity index (χ3n) is 2.98. The van der Waals surface area contributed by atoms with Gasteiger partial charge in [0.25, 0.3) is 0 Å². The Balaban J connectivity index is 1.92. The predicted octanol–water partition coefficient (Wildman–Crippen LogP) is 1.32. The van der Waals surface area contributed by atoms with Gasteiger partial charge in [-0.05, 0) is 37.0 Å². The van der Waals surface area contributed by atoms with Crippen molar-refractivity contribution in [2.75, 3.05) is 17.6 Å². The highest BCUT2D eigenvalue weighted by atomic mass is 16.3. The van der Waals surface area contributed by atoms with Crippen LogP contribution in [0.1, 0.15) is 18.4 Å². The van der Waals surface area contributed by atoms with Gasteiger partial charge in [-0.25, -0.2) is 0 Å². The zero-order chi connectivity index (χ0) is 11.5. The fourth-order valence-electron chi connectivity index (χ4n) is 1.89. The number of aliphatic hydroxyl groups is 1. The number of nitrogen functional groups attached to an aromatic ring is 1. The van der Waals surface area contributed by atoms with E-state index in [9.17, 15) is 0 Å². The van der Waals surface area contributed by atoms with E-state index < -0.39 is 0 Å². The maximum Gasteiger partial charge on any atom is 0.101 e. The highest BCUT2D eigenvalue weighted by Gasteiger charge is 2.26. The maximum absolute atomic E-state index is 9.15. The Labute approximate surface area is 94.7 Å². The molecule has 1 aromatic carbocycles. The summed E-state index contributed by atoms with van der Waals surface area (Å²) in [6.07, 6.45) is 1.62. The molecule has 2 rings (SSSR count). The number of nitriles is 1. The topological polar surface area (TPSA) is 82.1 Å². The van der Waals surface area contributed by atoms with Gasteiger partial charge in [0, 0.05) is 17.9 Å². The number of rotatable bonds is 3. The van der Waals surface area contributed by atoms with Crippen molar-refractivity contribution in [2.45, 2.75) is 18.9 Å². The van der Waals surface area contributed by atoms with Crippen molar-refractivity contribution in [3.8, 4) is 6.07 Å². The summed E-state index contributed by atoms with van der Waals surface area (Å²) in [7, 11) is 0. The number of anilines is 2. The van der Waals surface area contributed by atoms with Crippen LogP contribution in [0.2, 0.25) is 0 Å². The number of nitrogens with one attached hydrogen (secondary N) is 1. The summed E-state index contributed by atoms with van der Waals surface area (Å²) in [5.74, 6) is 0.540. The monoisotopic (exact) mass is 217 g/mol. The summed E-state index contributed by atoms with van der Waals surface area (Å²) in [5, 5.41) is 21.2. The van der Waals surface area contributed by atoms with E-state index in [-0.39, 0.29) is 6.10 Å². The zero-order valence-corrected chi connectivity index (χ0v) is 8.98. The van der Waals surface area contributed by atoms with Crippen LogP contribution in [0.15, 0.2) is 18.2 Å². The molecule has 0 saturated heterocycles. The molecule has 1 fully saturated rings. The SMILES string of the molecule is N#Cc1cc(NCC2CC(O)C2)ccc1N. The number of nitrogens with two attached hydrogens (primary N) is 1. The van der Waals surface area contributed by atoms with Gasteiger partial charge < -0.3 is 16.2 Å². The van der Waals surface area contributed by atoms with Crippen LogP contribution >= 0.6 is 0 Å². The van der Waals surface area contributed by atoms with Gasteiger partial charge in [-0.15, -0.1) is 0 Å². The molecule has 0 aliphatic heterocycles. The molecule has 0 unspecified atom stereocenters. The molecule has 84 valence electrons. The minimum absolute atomic E-state index is 0.118. The average Bonchev–Trinajstić information content (AvgIpc) is 2.24. The van der Waals surface area contributed by atoms with Crippen molar-refractivity contribution in [3.05, 3.63) is 23.8 Å². The first-order chi connectivity index (χ1) is 7.69. The van der Waals surface area contributed by atoms with Crippen molar-refractivity contribution in [2.24, 2.45) is 5.92 Å². The third kappa shape index (κ3) is 2.26. The normalized spacial score (nSPS) is 23.2. The van der Waals surface area contributed by atoms with E-state index in [1.165, 1.54) is 0 Å². The molecule has 0 aromatic heterocycles. The zero-order valence-electron chi connectivity index (χ0n) is 8.98. The molecule has 1 aliphatic carbocycles. The minimum Gasteiger partial charge on any atom is -0.398 e. The second-order valence-electron chi connectivity index (χ2n) is 4.29. The van der Waals surface area contributed by atoms with Gasteiger partial charge in [0.15, 0.2) is 0 Å². The Morgan fingerprint density at radius 1 is 1.50 bits per heavy atom. The van der Waals surface area contributed by atoms with E-state index in [0.717, 1.165) is 25.1 Å². The molecule has 1 aromatic rings. The second-order valence-corrected chi connectivity index (χ2v) is 4.29. The molecule has 1 saturated carbocycles. The molecular formula is C12H15N3O. The van der Waals surface area contributed by atoms with Crippen molar-refractivity contribution in [3.63, 3.8) is 0 Å². The molecule has 0 atom stereocenters. The van der Waals surface area contributed by atoms with Gasteiger partial charge in [0.05, 0.1) is 11.7 Å². The maximum atomic E-state index is 9.15. The van der Waals surface area contributed by atoms with Crippen molar-refractivity contribution in [1.82, 2.24) is 0 Å². The molecule has 1 aliphatic rings. The van der Waals surface area contributed by atoms with Crippen LogP contribution < -0.4 is 11.1 Å². The van der Waals surface area contributed by atoms with Crippen molar-refractivity contribution in [1.29, 1.82) is 5.26 Å². The van der Waals surface area contributed by atoms with Gasteiger partial charge in [-0.3, -0.25) is 0 Å². The first kappa shape index (κ1) is 10.8. The van der Waals surface area contributed by atoms with E-state index in [1.54, 1.807) is 12.1 Å². The number of hydrogen-bond acceptors (Lipinski definition) is 4. The molecule has 0 radical (unpaired) electrons. The first-order valence-corrected chi connectivity index (χ1v) is 5.40. The smallest absolute Gasteiger partial charge is 0.101 e. The highest BCUT2D eigenvalue weighted by molar-refractivity contribution is 5.61. The number of aliphatic hydroxyl groups excluding tert-OH is 1. The standard InChI is InChI=1S/C12H15N3O/c13-6-9-5-10(1-2-12(9)14)15-7-8-3-11(16)4-8/h1-2,5,8,11,15-16H,3-4,7,14H2. The number of benzene rings is 1.